The fourth-order valence-electron chi connectivity index (χ4n) is 1.69. The maximum atomic E-state index is 11.6. The molecule has 6 heteroatoms. The van der Waals surface area contributed by atoms with Gasteiger partial charge in [0.2, 0.25) is 5.91 Å². The number of hydrogen-bond acceptors (Lipinski definition) is 3. The van der Waals surface area contributed by atoms with Gasteiger partial charge in [0.25, 0.3) is 0 Å². The van der Waals surface area contributed by atoms with Crippen LogP contribution in [0.5, 0.6) is 0 Å². The van der Waals surface area contributed by atoms with Crippen molar-refractivity contribution in [1.82, 2.24) is 5.32 Å². The minimum atomic E-state index is -0.564. The van der Waals surface area contributed by atoms with Crippen LogP contribution in [0.1, 0.15) is 12.8 Å². The number of halogens is 2. The van der Waals surface area contributed by atoms with Crippen LogP contribution in [-0.4, -0.2) is 31.6 Å². The normalized spacial score (nSPS) is 14.6. The zero-order valence-corrected chi connectivity index (χ0v) is 12.6. The molecule has 0 atom stereocenters. The lowest BCUT2D eigenvalue weighted by molar-refractivity contribution is -0.123. The van der Waals surface area contributed by atoms with Gasteiger partial charge >= 0.3 is 0 Å². The van der Waals surface area contributed by atoms with Crippen LogP contribution in [0.25, 0.3) is 0 Å². The molecule has 0 radical (unpaired) electrons. The van der Waals surface area contributed by atoms with Crippen molar-refractivity contribution in [2.45, 2.75) is 18.4 Å². The van der Waals surface area contributed by atoms with E-state index in [-0.39, 0.29) is 30.7 Å². The predicted molar refractivity (Wildman–Crippen MR) is 83.4 cm³/mol. The number of carbonyl (C=O) groups excluding carboxylic acids is 1. The Kier molecular flexibility index (Phi) is 7.19. The molecule has 4 nitrogen and oxygen atoms in total. The lowest BCUT2D eigenvalue weighted by Crippen LogP contribution is -2.45. The molecular weight excluding hydrogens is 285 g/mol. The summed E-state index contributed by atoms with van der Waals surface area (Å²) in [6.07, 6.45) is 1.63. The van der Waals surface area contributed by atoms with Crippen molar-refractivity contribution >= 4 is 36.4 Å². The van der Waals surface area contributed by atoms with E-state index in [4.69, 9.17) is 5.73 Å². The summed E-state index contributed by atoms with van der Waals surface area (Å²) in [6.45, 7) is 1.41. The van der Waals surface area contributed by atoms with E-state index in [9.17, 15) is 4.79 Å². The molecule has 1 aromatic carbocycles. The second-order valence-corrected chi connectivity index (χ2v) is 4.67. The molecule has 0 spiro atoms. The van der Waals surface area contributed by atoms with E-state index in [1.807, 2.05) is 37.4 Å². The summed E-state index contributed by atoms with van der Waals surface area (Å²) in [5.41, 5.74) is 6.38. The summed E-state index contributed by atoms with van der Waals surface area (Å²) in [7, 11) is 2.01. The molecule has 1 aliphatic rings. The number of nitrogens with one attached hydrogen (secondary N) is 1. The standard InChI is InChI=1S/C13H19N3O.2ClH/c1-16(11-5-3-2-4-6-11)10-9-15-12(17)13(14)7-8-13;;/h2-6H,7-10,14H2,1H3,(H,15,17);2*1H. The number of nitrogens with zero attached hydrogens (tertiary/aromatic N) is 1. The molecule has 3 N–H and O–H groups in total. The third-order valence-corrected chi connectivity index (χ3v) is 3.17. The van der Waals surface area contributed by atoms with E-state index in [1.54, 1.807) is 0 Å². The fourth-order valence-corrected chi connectivity index (χ4v) is 1.69. The summed E-state index contributed by atoms with van der Waals surface area (Å²) in [4.78, 5) is 13.7. The number of para-hydroxylation sites is 1. The molecule has 0 heterocycles. The average Bonchev–Trinajstić information content (AvgIpc) is 3.09. The van der Waals surface area contributed by atoms with Gasteiger partial charge in [-0.15, -0.1) is 24.8 Å². The van der Waals surface area contributed by atoms with Crippen LogP contribution in [-0.2, 0) is 4.79 Å². The Morgan fingerprint density at radius 2 is 1.89 bits per heavy atom. The van der Waals surface area contributed by atoms with Gasteiger partial charge in [0.1, 0.15) is 0 Å². The Hall–Kier alpha value is -0.970. The minimum absolute atomic E-state index is 0. The average molecular weight is 306 g/mol. The van der Waals surface area contributed by atoms with Crippen LogP contribution in [0.3, 0.4) is 0 Å². The van der Waals surface area contributed by atoms with Gasteiger partial charge < -0.3 is 16.0 Å². The Morgan fingerprint density at radius 3 is 2.42 bits per heavy atom. The van der Waals surface area contributed by atoms with Gasteiger partial charge in [0, 0.05) is 25.8 Å². The van der Waals surface area contributed by atoms with Crippen LogP contribution >= 0.6 is 24.8 Å². The van der Waals surface area contributed by atoms with Gasteiger partial charge in [0.05, 0.1) is 5.54 Å². The molecule has 19 heavy (non-hydrogen) atoms. The molecule has 0 saturated heterocycles. The topological polar surface area (TPSA) is 58.4 Å². The van der Waals surface area contributed by atoms with Gasteiger partial charge in [0.15, 0.2) is 0 Å². The predicted octanol–water partition coefficient (Wildman–Crippen LogP) is 1.57. The van der Waals surface area contributed by atoms with Crippen molar-refractivity contribution in [2.75, 3.05) is 25.0 Å². The minimum Gasteiger partial charge on any atom is -0.373 e. The van der Waals surface area contributed by atoms with Crippen molar-refractivity contribution in [3.63, 3.8) is 0 Å². The lowest BCUT2D eigenvalue weighted by Gasteiger charge is -2.20. The number of hydrogen-bond donors (Lipinski definition) is 2. The first-order chi connectivity index (χ1) is 8.12. The highest BCUT2D eigenvalue weighted by Crippen LogP contribution is 2.31. The van der Waals surface area contributed by atoms with Crippen LogP contribution < -0.4 is 16.0 Å². The third kappa shape index (κ3) is 4.90. The smallest absolute Gasteiger partial charge is 0.240 e. The number of anilines is 1. The van der Waals surface area contributed by atoms with Gasteiger partial charge in [-0.25, -0.2) is 0 Å². The summed E-state index contributed by atoms with van der Waals surface area (Å²) >= 11 is 0. The first kappa shape index (κ1) is 18.0. The molecular formula is C13H21Cl2N3O. The second kappa shape index (κ2) is 7.58. The first-order valence-electron chi connectivity index (χ1n) is 5.95. The van der Waals surface area contributed by atoms with Crippen LogP contribution in [0.2, 0.25) is 0 Å². The van der Waals surface area contributed by atoms with Gasteiger partial charge in [-0.2, -0.15) is 0 Å². The lowest BCUT2D eigenvalue weighted by atomic mass is 10.2. The Balaban J connectivity index is 0.00000162. The largest absolute Gasteiger partial charge is 0.373 e. The summed E-state index contributed by atoms with van der Waals surface area (Å²) in [5.74, 6) is -0.0149. The second-order valence-electron chi connectivity index (χ2n) is 4.67. The monoisotopic (exact) mass is 305 g/mol. The molecule has 1 amide bonds. The van der Waals surface area contributed by atoms with E-state index in [1.165, 1.54) is 0 Å². The Morgan fingerprint density at radius 1 is 1.32 bits per heavy atom. The third-order valence-electron chi connectivity index (χ3n) is 3.17. The molecule has 0 bridgehead atoms. The summed E-state index contributed by atoms with van der Waals surface area (Å²) in [5, 5.41) is 2.88. The maximum absolute atomic E-state index is 11.6. The van der Waals surface area contributed by atoms with E-state index in [2.05, 4.69) is 10.2 Å². The molecule has 2 rings (SSSR count). The SMILES string of the molecule is CN(CCNC(=O)C1(N)CC1)c1ccccc1.Cl.Cl. The van der Waals surface area contributed by atoms with Crippen molar-refractivity contribution in [1.29, 1.82) is 0 Å². The number of nitrogens with two attached hydrogens (primary N) is 1. The fraction of sp³-hybridized carbons (Fsp3) is 0.462. The van der Waals surface area contributed by atoms with E-state index >= 15 is 0 Å². The molecule has 0 aromatic heterocycles. The van der Waals surface area contributed by atoms with Gasteiger partial charge in [-0.1, -0.05) is 18.2 Å². The number of benzene rings is 1. The highest BCUT2D eigenvalue weighted by atomic mass is 35.5. The van der Waals surface area contributed by atoms with Crippen LogP contribution in [0.15, 0.2) is 30.3 Å². The zero-order chi connectivity index (χ0) is 12.3. The maximum Gasteiger partial charge on any atom is 0.240 e. The Labute approximate surface area is 126 Å². The Bertz CT molecular complexity index is 396. The van der Waals surface area contributed by atoms with Crippen LogP contribution in [0, 0.1) is 0 Å². The number of amides is 1. The van der Waals surface area contributed by atoms with Gasteiger partial charge in [-0.3, -0.25) is 4.79 Å². The highest BCUT2D eigenvalue weighted by molar-refractivity contribution is 5.88. The first-order valence-corrected chi connectivity index (χ1v) is 5.95. The quantitative estimate of drug-likeness (QED) is 0.868. The molecule has 1 aliphatic carbocycles. The number of likely N-dealkylation sites (N-methyl/N-ethyl adjacent to an activating group) is 1. The summed E-state index contributed by atoms with van der Waals surface area (Å²) < 4.78 is 0. The van der Waals surface area contributed by atoms with E-state index < -0.39 is 5.54 Å². The van der Waals surface area contributed by atoms with E-state index in [0.29, 0.717) is 6.54 Å². The molecule has 1 aromatic rings. The molecule has 0 aliphatic heterocycles. The molecule has 1 saturated carbocycles. The van der Waals surface area contributed by atoms with Crippen molar-refractivity contribution in [3.05, 3.63) is 30.3 Å². The zero-order valence-electron chi connectivity index (χ0n) is 11.0. The van der Waals surface area contributed by atoms with Crippen molar-refractivity contribution < 1.29 is 4.79 Å². The van der Waals surface area contributed by atoms with Crippen molar-refractivity contribution in [3.8, 4) is 0 Å². The number of rotatable bonds is 5. The summed E-state index contributed by atoms with van der Waals surface area (Å²) in [6, 6.07) is 10.1. The van der Waals surface area contributed by atoms with Crippen molar-refractivity contribution in [2.24, 2.45) is 5.73 Å². The van der Waals surface area contributed by atoms with E-state index in [0.717, 1.165) is 25.1 Å². The molecule has 1 fully saturated rings. The molecule has 108 valence electrons. The molecule has 0 unspecified atom stereocenters. The highest BCUT2D eigenvalue weighted by Gasteiger charge is 2.45. The van der Waals surface area contributed by atoms with Crippen LogP contribution in [0.4, 0.5) is 5.69 Å². The van der Waals surface area contributed by atoms with Gasteiger partial charge in [-0.05, 0) is 25.0 Å². The number of carbonyl (C=O) groups is 1.